The fourth-order valence-corrected chi connectivity index (χ4v) is 2.58. The highest BCUT2D eigenvalue weighted by atomic mass is 35.5. The molecule has 0 amide bonds. The van der Waals surface area contributed by atoms with Crippen LogP contribution in [0.1, 0.15) is 18.4 Å². The molecule has 0 unspecified atom stereocenters. The van der Waals surface area contributed by atoms with Crippen molar-refractivity contribution >= 4 is 22.6 Å². The van der Waals surface area contributed by atoms with Crippen molar-refractivity contribution in [2.24, 2.45) is 0 Å². The summed E-state index contributed by atoms with van der Waals surface area (Å²) >= 11 is 6.05. The van der Waals surface area contributed by atoms with Crippen molar-refractivity contribution in [3.05, 3.63) is 35.1 Å². The fourth-order valence-electron chi connectivity index (χ4n) is 2.38. The standard InChI is InChI=1S/C13H14ClN3O/c14-10-1-4-16-11-7-9(8-17-12(10)11)13(18)2-5-15-6-3-13/h1,4,7-8,15,18H,2-3,5-6H2. The quantitative estimate of drug-likeness (QED) is 0.825. The van der Waals surface area contributed by atoms with Gasteiger partial charge >= 0.3 is 0 Å². The maximum Gasteiger partial charge on any atom is 0.107 e. The number of aromatic nitrogens is 2. The summed E-state index contributed by atoms with van der Waals surface area (Å²) in [5.41, 5.74) is 1.44. The first-order valence-electron chi connectivity index (χ1n) is 6.03. The summed E-state index contributed by atoms with van der Waals surface area (Å²) in [5, 5.41) is 14.5. The third-order valence-electron chi connectivity index (χ3n) is 3.50. The molecule has 1 fully saturated rings. The second kappa shape index (κ2) is 4.46. The maximum atomic E-state index is 10.6. The molecule has 0 radical (unpaired) electrons. The van der Waals surface area contributed by atoms with E-state index in [-0.39, 0.29) is 0 Å². The van der Waals surface area contributed by atoms with Crippen LogP contribution in [0.4, 0.5) is 0 Å². The Labute approximate surface area is 110 Å². The van der Waals surface area contributed by atoms with E-state index in [9.17, 15) is 5.11 Å². The van der Waals surface area contributed by atoms with Crippen LogP contribution in [0.25, 0.3) is 11.0 Å². The number of piperidine rings is 1. The van der Waals surface area contributed by atoms with Crippen LogP contribution in [0, 0.1) is 0 Å². The van der Waals surface area contributed by atoms with Crippen molar-refractivity contribution in [3.8, 4) is 0 Å². The van der Waals surface area contributed by atoms with Gasteiger partial charge in [0.2, 0.25) is 0 Å². The van der Waals surface area contributed by atoms with Crippen molar-refractivity contribution in [1.29, 1.82) is 0 Å². The molecule has 94 valence electrons. The van der Waals surface area contributed by atoms with Crippen LogP contribution in [0.3, 0.4) is 0 Å². The number of aliphatic hydroxyl groups is 1. The molecule has 5 heteroatoms. The van der Waals surface area contributed by atoms with Crippen LogP contribution in [0.2, 0.25) is 5.02 Å². The van der Waals surface area contributed by atoms with Crippen LogP contribution in [-0.4, -0.2) is 28.2 Å². The lowest BCUT2D eigenvalue weighted by Gasteiger charge is -2.32. The van der Waals surface area contributed by atoms with E-state index in [1.807, 2.05) is 6.07 Å². The molecule has 1 saturated heterocycles. The third kappa shape index (κ3) is 1.96. The molecule has 0 aliphatic carbocycles. The van der Waals surface area contributed by atoms with E-state index in [0.717, 1.165) is 24.2 Å². The Morgan fingerprint density at radius 3 is 2.83 bits per heavy atom. The molecule has 0 bridgehead atoms. The zero-order chi connectivity index (χ0) is 12.6. The molecule has 0 atom stereocenters. The van der Waals surface area contributed by atoms with E-state index in [1.54, 1.807) is 18.5 Å². The van der Waals surface area contributed by atoms with Gasteiger partial charge in [-0.05, 0) is 38.1 Å². The summed E-state index contributed by atoms with van der Waals surface area (Å²) in [4.78, 5) is 8.58. The van der Waals surface area contributed by atoms with Crippen LogP contribution in [-0.2, 0) is 5.60 Å². The molecule has 1 aliphatic rings. The highest BCUT2D eigenvalue weighted by Crippen LogP contribution is 2.32. The maximum absolute atomic E-state index is 10.6. The largest absolute Gasteiger partial charge is 0.385 e. The zero-order valence-corrected chi connectivity index (χ0v) is 10.6. The molecule has 4 nitrogen and oxygen atoms in total. The van der Waals surface area contributed by atoms with E-state index < -0.39 is 5.60 Å². The van der Waals surface area contributed by atoms with Gasteiger partial charge in [-0.2, -0.15) is 0 Å². The number of pyridine rings is 2. The Hall–Kier alpha value is -1.23. The van der Waals surface area contributed by atoms with Crippen molar-refractivity contribution in [3.63, 3.8) is 0 Å². The molecule has 18 heavy (non-hydrogen) atoms. The monoisotopic (exact) mass is 263 g/mol. The Kier molecular flexibility index (Phi) is 2.93. The molecule has 0 saturated carbocycles. The van der Waals surface area contributed by atoms with Gasteiger partial charge in [0.05, 0.1) is 16.1 Å². The van der Waals surface area contributed by atoms with Crippen LogP contribution >= 0.6 is 11.6 Å². The predicted molar refractivity (Wildman–Crippen MR) is 70.5 cm³/mol. The predicted octanol–water partition coefficient (Wildman–Crippen LogP) is 1.85. The molecule has 3 rings (SSSR count). The van der Waals surface area contributed by atoms with Gasteiger partial charge in [-0.1, -0.05) is 11.6 Å². The summed E-state index contributed by atoms with van der Waals surface area (Å²) < 4.78 is 0. The van der Waals surface area contributed by atoms with Crippen molar-refractivity contribution in [2.45, 2.75) is 18.4 Å². The first kappa shape index (κ1) is 11.8. The molecular weight excluding hydrogens is 250 g/mol. The summed E-state index contributed by atoms with van der Waals surface area (Å²) in [7, 11) is 0. The van der Waals surface area contributed by atoms with Crippen molar-refractivity contribution in [2.75, 3.05) is 13.1 Å². The molecule has 3 heterocycles. The van der Waals surface area contributed by atoms with Crippen LogP contribution in [0.5, 0.6) is 0 Å². The first-order valence-corrected chi connectivity index (χ1v) is 6.41. The number of fused-ring (bicyclic) bond motifs is 1. The third-order valence-corrected chi connectivity index (χ3v) is 3.80. The summed E-state index contributed by atoms with van der Waals surface area (Å²) in [6, 6.07) is 3.61. The van der Waals surface area contributed by atoms with Gasteiger partial charge in [0.1, 0.15) is 5.52 Å². The molecule has 2 aromatic rings. The number of halogens is 1. The van der Waals surface area contributed by atoms with Crippen molar-refractivity contribution < 1.29 is 5.11 Å². The van der Waals surface area contributed by atoms with E-state index in [1.165, 1.54) is 0 Å². The molecule has 1 aliphatic heterocycles. The van der Waals surface area contributed by atoms with E-state index >= 15 is 0 Å². The molecule has 2 aromatic heterocycles. The Morgan fingerprint density at radius 1 is 1.28 bits per heavy atom. The van der Waals surface area contributed by atoms with Crippen LogP contribution in [0.15, 0.2) is 24.5 Å². The molecule has 0 spiro atoms. The zero-order valence-electron chi connectivity index (χ0n) is 9.86. The van der Waals surface area contributed by atoms with Gasteiger partial charge in [-0.3, -0.25) is 9.97 Å². The smallest absolute Gasteiger partial charge is 0.107 e. The van der Waals surface area contributed by atoms with Gasteiger partial charge in [-0.15, -0.1) is 0 Å². The van der Waals surface area contributed by atoms with E-state index in [0.29, 0.717) is 23.4 Å². The van der Waals surface area contributed by atoms with Gasteiger partial charge in [0.25, 0.3) is 0 Å². The molecule has 2 N–H and O–H groups in total. The number of nitrogens with zero attached hydrogens (tertiary/aromatic N) is 2. The normalized spacial score (nSPS) is 19.0. The summed E-state index contributed by atoms with van der Waals surface area (Å²) in [6.07, 6.45) is 4.76. The van der Waals surface area contributed by atoms with E-state index in [4.69, 9.17) is 11.6 Å². The number of rotatable bonds is 1. The van der Waals surface area contributed by atoms with Crippen molar-refractivity contribution in [1.82, 2.24) is 15.3 Å². The lowest BCUT2D eigenvalue weighted by Crippen LogP contribution is -2.39. The SMILES string of the molecule is OC1(c2cnc3c(Cl)ccnc3c2)CCNCC1. The Morgan fingerprint density at radius 2 is 2.06 bits per heavy atom. The molecular formula is C13H14ClN3O. The highest BCUT2D eigenvalue weighted by molar-refractivity contribution is 6.34. The van der Waals surface area contributed by atoms with Gasteiger partial charge in [-0.25, -0.2) is 0 Å². The second-order valence-electron chi connectivity index (χ2n) is 4.67. The summed E-state index contributed by atoms with van der Waals surface area (Å²) in [5.74, 6) is 0. The Balaban J connectivity index is 2.08. The lowest BCUT2D eigenvalue weighted by atomic mass is 9.86. The Bertz CT molecular complexity index is 581. The second-order valence-corrected chi connectivity index (χ2v) is 5.07. The average molecular weight is 264 g/mol. The molecule has 0 aromatic carbocycles. The number of nitrogens with one attached hydrogen (secondary N) is 1. The minimum atomic E-state index is -0.795. The van der Waals surface area contributed by atoms with Gasteiger partial charge < -0.3 is 10.4 Å². The minimum Gasteiger partial charge on any atom is -0.385 e. The number of hydrogen-bond acceptors (Lipinski definition) is 4. The van der Waals surface area contributed by atoms with E-state index in [2.05, 4.69) is 15.3 Å². The van der Waals surface area contributed by atoms with Gasteiger partial charge in [0.15, 0.2) is 0 Å². The lowest BCUT2D eigenvalue weighted by molar-refractivity contribution is 0.00577. The minimum absolute atomic E-state index is 0.587. The average Bonchev–Trinajstić information content (AvgIpc) is 2.39. The van der Waals surface area contributed by atoms with Crippen LogP contribution < -0.4 is 5.32 Å². The first-order chi connectivity index (χ1) is 8.69. The number of hydrogen-bond donors (Lipinski definition) is 2. The summed E-state index contributed by atoms with van der Waals surface area (Å²) in [6.45, 7) is 1.63. The topological polar surface area (TPSA) is 58.0 Å². The fraction of sp³-hybridized carbons (Fsp3) is 0.385. The van der Waals surface area contributed by atoms with Gasteiger partial charge in [0, 0.05) is 18.0 Å². The highest BCUT2D eigenvalue weighted by Gasteiger charge is 2.31.